The molecule has 1 aliphatic rings. The van der Waals surface area contributed by atoms with E-state index >= 15 is 0 Å². The Morgan fingerprint density at radius 1 is 1.05 bits per heavy atom. The van der Waals surface area contributed by atoms with Crippen LogP contribution >= 0.6 is 0 Å². The summed E-state index contributed by atoms with van der Waals surface area (Å²) >= 11 is 0. The molecule has 0 aromatic carbocycles. The molecule has 1 saturated carbocycles. The molecule has 1 rings (SSSR count). The van der Waals surface area contributed by atoms with E-state index < -0.39 is 0 Å². The predicted octanol–water partition coefficient (Wildman–Crippen LogP) is 6.86. The maximum absolute atomic E-state index is 3.96. The summed E-state index contributed by atoms with van der Waals surface area (Å²) in [5.74, 6) is 4.62. The van der Waals surface area contributed by atoms with Crippen molar-refractivity contribution in [1.82, 2.24) is 0 Å². The van der Waals surface area contributed by atoms with Gasteiger partial charge in [0.05, 0.1) is 0 Å². The van der Waals surface area contributed by atoms with E-state index in [2.05, 4.69) is 40.3 Å². The number of hydrogen-bond acceptors (Lipinski definition) is 0. The fraction of sp³-hybridized carbons (Fsp3) is 0.900. The quantitative estimate of drug-likeness (QED) is 0.383. The Morgan fingerprint density at radius 2 is 1.65 bits per heavy atom. The Hall–Kier alpha value is -0.260. The third-order valence-corrected chi connectivity index (χ3v) is 5.39. The van der Waals surface area contributed by atoms with Crippen molar-refractivity contribution in [2.45, 2.75) is 85.5 Å². The zero-order valence-corrected chi connectivity index (χ0v) is 14.5. The highest BCUT2D eigenvalue weighted by Gasteiger charge is 2.25. The van der Waals surface area contributed by atoms with Crippen LogP contribution in [0, 0.1) is 29.6 Å². The Balaban J connectivity index is 2.15. The Labute approximate surface area is 128 Å². The van der Waals surface area contributed by atoms with Crippen molar-refractivity contribution in [3.05, 3.63) is 12.7 Å². The van der Waals surface area contributed by atoms with Crippen molar-refractivity contribution in [3.8, 4) is 0 Å². The van der Waals surface area contributed by atoms with E-state index in [1.54, 1.807) is 0 Å². The van der Waals surface area contributed by atoms with E-state index in [0.29, 0.717) is 0 Å². The molecule has 0 heteroatoms. The summed E-state index contributed by atoms with van der Waals surface area (Å²) in [5.41, 5.74) is 0. The van der Waals surface area contributed by atoms with Crippen LogP contribution in [-0.2, 0) is 0 Å². The van der Waals surface area contributed by atoms with Gasteiger partial charge in [-0.2, -0.15) is 0 Å². The number of allylic oxidation sites excluding steroid dienone is 1. The van der Waals surface area contributed by atoms with Crippen LogP contribution in [0.5, 0.6) is 0 Å². The number of hydrogen-bond donors (Lipinski definition) is 0. The normalized spacial score (nSPS) is 25.9. The molecule has 0 saturated heterocycles. The Bertz CT molecular complexity index is 253. The molecule has 0 aromatic rings. The minimum Gasteiger partial charge on any atom is -0.103 e. The first-order chi connectivity index (χ1) is 9.55. The smallest absolute Gasteiger partial charge is 0.0239 e. The summed E-state index contributed by atoms with van der Waals surface area (Å²) in [6, 6.07) is 0. The fourth-order valence-corrected chi connectivity index (χ4v) is 4.08. The molecular weight excluding hydrogens is 240 g/mol. The average Bonchev–Trinajstić information content (AvgIpc) is 2.85. The zero-order chi connectivity index (χ0) is 15.0. The minimum absolute atomic E-state index is 0.764. The highest BCUT2D eigenvalue weighted by atomic mass is 14.3. The highest BCUT2D eigenvalue weighted by molar-refractivity contribution is 4.81. The van der Waals surface area contributed by atoms with Gasteiger partial charge in [0, 0.05) is 0 Å². The van der Waals surface area contributed by atoms with Crippen LogP contribution in [0.3, 0.4) is 0 Å². The minimum atomic E-state index is 0.764. The van der Waals surface area contributed by atoms with Gasteiger partial charge in [-0.15, -0.1) is 6.58 Å². The summed E-state index contributed by atoms with van der Waals surface area (Å²) in [4.78, 5) is 0. The van der Waals surface area contributed by atoms with Crippen molar-refractivity contribution in [3.63, 3.8) is 0 Å². The van der Waals surface area contributed by atoms with E-state index in [1.165, 1.54) is 57.8 Å². The van der Waals surface area contributed by atoms with Gasteiger partial charge < -0.3 is 0 Å². The summed E-state index contributed by atoms with van der Waals surface area (Å²) < 4.78 is 0. The van der Waals surface area contributed by atoms with Crippen molar-refractivity contribution < 1.29 is 0 Å². The molecule has 0 bridgehead atoms. The summed E-state index contributed by atoms with van der Waals surface area (Å²) in [6.07, 6.45) is 15.1. The topological polar surface area (TPSA) is 0 Å². The molecule has 0 heterocycles. The monoisotopic (exact) mass is 278 g/mol. The van der Waals surface area contributed by atoms with Gasteiger partial charge in [-0.25, -0.2) is 0 Å². The van der Waals surface area contributed by atoms with Crippen molar-refractivity contribution in [1.29, 1.82) is 0 Å². The molecule has 0 spiro atoms. The third kappa shape index (κ3) is 6.95. The van der Waals surface area contributed by atoms with Crippen LogP contribution in [-0.4, -0.2) is 0 Å². The summed E-state index contributed by atoms with van der Waals surface area (Å²) in [6.45, 7) is 13.4. The highest BCUT2D eigenvalue weighted by Crippen LogP contribution is 2.38. The molecule has 3 unspecified atom stereocenters. The van der Waals surface area contributed by atoms with Gasteiger partial charge in [-0.3, -0.25) is 0 Å². The average molecular weight is 279 g/mol. The first-order valence-electron chi connectivity index (χ1n) is 9.17. The van der Waals surface area contributed by atoms with Gasteiger partial charge in [0.2, 0.25) is 0 Å². The second-order valence-corrected chi connectivity index (χ2v) is 7.84. The summed E-state index contributed by atoms with van der Waals surface area (Å²) in [7, 11) is 0. The predicted molar refractivity (Wildman–Crippen MR) is 91.9 cm³/mol. The number of rotatable bonds is 10. The molecule has 0 aliphatic heterocycles. The molecule has 0 amide bonds. The first kappa shape index (κ1) is 17.8. The maximum Gasteiger partial charge on any atom is -0.0239 e. The maximum atomic E-state index is 3.96. The molecule has 0 radical (unpaired) electrons. The van der Waals surface area contributed by atoms with Crippen LogP contribution < -0.4 is 0 Å². The molecular formula is C20H38. The van der Waals surface area contributed by atoms with E-state index in [1.807, 2.05) is 0 Å². The first-order valence-corrected chi connectivity index (χ1v) is 9.17. The molecule has 118 valence electrons. The van der Waals surface area contributed by atoms with Crippen LogP contribution in [0.2, 0.25) is 0 Å². The fourth-order valence-electron chi connectivity index (χ4n) is 4.08. The van der Waals surface area contributed by atoms with Crippen LogP contribution in [0.25, 0.3) is 0 Å². The van der Waals surface area contributed by atoms with E-state index in [4.69, 9.17) is 0 Å². The lowest BCUT2D eigenvalue weighted by Gasteiger charge is -2.17. The van der Waals surface area contributed by atoms with Gasteiger partial charge in [0.15, 0.2) is 0 Å². The zero-order valence-electron chi connectivity index (χ0n) is 14.5. The molecule has 0 N–H and O–H groups in total. The molecule has 0 aromatic heterocycles. The van der Waals surface area contributed by atoms with E-state index in [9.17, 15) is 0 Å². The van der Waals surface area contributed by atoms with Crippen LogP contribution in [0.1, 0.15) is 85.5 Å². The van der Waals surface area contributed by atoms with Crippen molar-refractivity contribution >= 4 is 0 Å². The van der Waals surface area contributed by atoms with Crippen LogP contribution in [0.4, 0.5) is 0 Å². The van der Waals surface area contributed by atoms with E-state index in [0.717, 1.165) is 29.6 Å². The molecule has 20 heavy (non-hydrogen) atoms. The van der Waals surface area contributed by atoms with Gasteiger partial charge in [-0.05, 0) is 61.7 Å². The van der Waals surface area contributed by atoms with E-state index in [-0.39, 0.29) is 0 Å². The van der Waals surface area contributed by atoms with Crippen LogP contribution in [0.15, 0.2) is 12.7 Å². The van der Waals surface area contributed by atoms with Crippen molar-refractivity contribution in [2.75, 3.05) is 0 Å². The van der Waals surface area contributed by atoms with Crippen molar-refractivity contribution in [2.24, 2.45) is 29.6 Å². The largest absolute Gasteiger partial charge is 0.103 e. The van der Waals surface area contributed by atoms with Gasteiger partial charge in [-0.1, -0.05) is 59.5 Å². The Kier molecular flexibility index (Phi) is 8.57. The lowest BCUT2D eigenvalue weighted by molar-refractivity contribution is 0.353. The molecule has 4 atom stereocenters. The second kappa shape index (κ2) is 9.64. The van der Waals surface area contributed by atoms with Gasteiger partial charge in [0.25, 0.3) is 0 Å². The molecule has 0 nitrogen and oxygen atoms in total. The second-order valence-electron chi connectivity index (χ2n) is 7.84. The molecule has 1 fully saturated rings. The van der Waals surface area contributed by atoms with Gasteiger partial charge in [0.1, 0.15) is 0 Å². The van der Waals surface area contributed by atoms with Gasteiger partial charge >= 0.3 is 0 Å². The summed E-state index contributed by atoms with van der Waals surface area (Å²) in [5, 5.41) is 0. The lowest BCUT2D eigenvalue weighted by Crippen LogP contribution is -2.04. The standard InChI is InChI=1S/C20H38/c1-6-18(7-2)10-11-20-13-12-19(15-20)9-8-17(5)14-16(3)4/h6,16-20H,1,7-15H2,2-5H3/t17-,18?,19?,20?/m1/s1. The SMILES string of the molecule is C=CC(CC)CCC1CCC(CC[C@@H](C)CC(C)C)C1. The Morgan fingerprint density at radius 3 is 2.15 bits per heavy atom. The lowest BCUT2D eigenvalue weighted by atomic mass is 9.89. The third-order valence-electron chi connectivity index (χ3n) is 5.39. The molecule has 1 aliphatic carbocycles.